The molecular formula is C7H12O2. The Balaban J connectivity index is 2.56. The highest BCUT2D eigenvalue weighted by Crippen LogP contribution is 2.15. The minimum absolute atomic E-state index is 0.171. The minimum Gasteiger partial charge on any atom is -0.365 e. The second-order valence-electron chi connectivity index (χ2n) is 2.55. The van der Waals surface area contributed by atoms with Gasteiger partial charge in [-0.2, -0.15) is 0 Å². The number of aliphatic hydroxyl groups is 1. The van der Waals surface area contributed by atoms with Crippen LogP contribution in [0.15, 0.2) is 11.6 Å². The maximum absolute atomic E-state index is 8.95. The summed E-state index contributed by atoms with van der Waals surface area (Å²) in [5, 5.41) is 8.95. The predicted molar refractivity (Wildman–Crippen MR) is 34.9 cm³/mol. The second kappa shape index (κ2) is 2.50. The van der Waals surface area contributed by atoms with Gasteiger partial charge in [0.25, 0.3) is 0 Å². The molecule has 0 amide bonds. The van der Waals surface area contributed by atoms with Crippen LogP contribution in [-0.4, -0.2) is 17.5 Å². The maximum atomic E-state index is 8.95. The van der Waals surface area contributed by atoms with E-state index in [0.717, 1.165) is 6.42 Å². The largest absolute Gasteiger partial charge is 0.365 e. The van der Waals surface area contributed by atoms with Crippen LogP contribution in [0.3, 0.4) is 0 Å². The standard InChI is InChI=1S/C7H12O2/c1-5-3-6(2)9-7(8)4-5/h4,6-8H,3H2,1-2H3/t6-,7-/m1/s1. The summed E-state index contributed by atoms with van der Waals surface area (Å²) in [7, 11) is 0. The molecule has 1 aliphatic heterocycles. The number of hydrogen-bond acceptors (Lipinski definition) is 2. The number of hydrogen-bond donors (Lipinski definition) is 1. The van der Waals surface area contributed by atoms with E-state index in [9.17, 15) is 0 Å². The molecule has 0 unspecified atom stereocenters. The fourth-order valence-corrected chi connectivity index (χ4v) is 1.09. The fourth-order valence-electron chi connectivity index (χ4n) is 1.09. The normalized spacial score (nSPS) is 36.1. The Morgan fingerprint density at radius 2 is 2.44 bits per heavy atom. The van der Waals surface area contributed by atoms with Crippen LogP contribution < -0.4 is 0 Å². The highest BCUT2D eigenvalue weighted by Gasteiger charge is 2.13. The molecule has 1 rings (SSSR count). The van der Waals surface area contributed by atoms with Gasteiger partial charge >= 0.3 is 0 Å². The lowest BCUT2D eigenvalue weighted by molar-refractivity contribution is -0.106. The van der Waals surface area contributed by atoms with Crippen LogP contribution in [-0.2, 0) is 4.74 Å². The Morgan fingerprint density at radius 3 is 2.89 bits per heavy atom. The molecule has 9 heavy (non-hydrogen) atoms. The van der Waals surface area contributed by atoms with Crippen LogP contribution >= 0.6 is 0 Å². The molecule has 0 saturated carbocycles. The van der Waals surface area contributed by atoms with Gasteiger partial charge in [-0.3, -0.25) is 0 Å². The second-order valence-corrected chi connectivity index (χ2v) is 2.55. The predicted octanol–water partition coefficient (Wildman–Crippen LogP) is 1.06. The molecule has 1 heterocycles. The first-order chi connectivity index (χ1) is 4.18. The summed E-state index contributed by atoms with van der Waals surface area (Å²) < 4.78 is 5.04. The van der Waals surface area contributed by atoms with Crippen LogP contribution in [0, 0.1) is 0 Å². The molecule has 0 bridgehead atoms. The Kier molecular flexibility index (Phi) is 1.88. The lowest BCUT2D eigenvalue weighted by Gasteiger charge is -2.21. The molecule has 0 fully saturated rings. The molecule has 0 aromatic heterocycles. The molecule has 0 saturated heterocycles. The molecule has 2 heteroatoms. The van der Waals surface area contributed by atoms with Crippen molar-refractivity contribution in [1.29, 1.82) is 0 Å². The van der Waals surface area contributed by atoms with Crippen molar-refractivity contribution in [3.8, 4) is 0 Å². The minimum atomic E-state index is -0.672. The van der Waals surface area contributed by atoms with E-state index in [2.05, 4.69) is 0 Å². The lowest BCUT2D eigenvalue weighted by Crippen LogP contribution is -2.22. The Morgan fingerprint density at radius 1 is 1.78 bits per heavy atom. The summed E-state index contributed by atoms with van der Waals surface area (Å²) in [5.41, 5.74) is 1.21. The van der Waals surface area contributed by atoms with E-state index in [-0.39, 0.29) is 6.10 Å². The maximum Gasteiger partial charge on any atom is 0.174 e. The van der Waals surface area contributed by atoms with Crippen molar-refractivity contribution in [2.45, 2.75) is 32.7 Å². The van der Waals surface area contributed by atoms with Gasteiger partial charge in [0.05, 0.1) is 6.10 Å². The van der Waals surface area contributed by atoms with Crippen molar-refractivity contribution in [2.75, 3.05) is 0 Å². The first-order valence-corrected chi connectivity index (χ1v) is 3.19. The molecule has 2 atom stereocenters. The van der Waals surface area contributed by atoms with Crippen molar-refractivity contribution in [2.24, 2.45) is 0 Å². The van der Waals surface area contributed by atoms with Crippen molar-refractivity contribution in [3.05, 3.63) is 11.6 Å². The summed E-state index contributed by atoms with van der Waals surface area (Å²) in [4.78, 5) is 0. The van der Waals surface area contributed by atoms with E-state index in [1.54, 1.807) is 6.08 Å². The van der Waals surface area contributed by atoms with Crippen molar-refractivity contribution in [1.82, 2.24) is 0 Å². The zero-order chi connectivity index (χ0) is 6.85. The zero-order valence-corrected chi connectivity index (χ0v) is 5.79. The highest BCUT2D eigenvalue weighted by atomic mass is 16.6. The van der Waals surface area contributed by atoms with Gasteiger partial charge < -0.3 is 9.84 Å². The van der Waals surface area contributed by atoms with Gasteiger partial charge in [0, 0.05) is 0 Å². The molecule has 52 valence electrons. The smallest absolute Gasteiger partial charge is 0.174 e. The highest BCUT2D eigenvalue weighted by molar-refractivity contribution is 5.03. The first-order valence-electron chi connectivity index (χ1n) is 3.19. The topological polar surface area (TPSA) is 29.5 Å². The molecule has 1 N–H and O–H groups in total. The lowest BCUT2D eigenvalue weighted by atomic mass is 10.1. The van der Waals surface area contributed by atoms with Gasteiger partial charge in [0.1, 0.15) is 0 Å². The van der Waals surface area contributed by atoms with Gasteiger partial charge in [0.2, 0.25) is 0 Å². The summed E-state index contributed by atoms with van der Waals surface area (Å²) >= 11 is 0. The monoisotopic (exact) mass is 128 g/mol. The van der Waals surface area contributed by atoms with Crippen LogP contribution in [0.25, 0.3) is 0 Å². The van der Waals surface area contributed by atoms with Gasteiger partial charge in [-0.1, -0.05) is 5.57 Å². The van der Waals surface area contributed by atoms with E-state index in [4.69, 9.17) is 9.84 Å². The number of rotatable bonds is 0. The van der Waals surface area contributed by atoms with Gasteiger partial charge in [-0.05, 0) is 26.3 Å². The van der Waals surface area contributed by atoms with Crippen molar-refractivity contribution < 1.29 is 9.84 Å². The van der Waals surface area contributed by atoms with E-state index in [1.807, 2.05) is 13.8 Å². The van der Waals surface area contributed by atoms with E-state index in [0.29, 0.717) is 0 Å². The molecular weight excluding hydrogens is 116 g/mol. The average molecular weight is 128 g/mol. The SMILES string of the molecule is CC1=C[C@H](O)O[C@H](C)C1. The summed E-state index contributed by atoms with van der Waals surface area (Å²) in [6.07, 6.45) is 2.18. The van der Waals surface area contributed by atoms with Crippen LogP contribution in [0.5, 0.6) is 0 Å². The number of ether oxygens (including phenoxy) is 1. The summed E-state index contributed by atoms with van der Waals surface area (Å²) in [5.74, 6) is 0. The van der Waals surface area contributed by atoms with E-state index in [1.165, 1.54) is 5.57 Å². The van der Waals surface area contributed by atoms with Gasteiger partial charge in [-0.15, -0.1) is 0 Å². The molecule has 0 aromatic carbocycles. The Hall–Kier alpha value is -0.340. The van der Waals surface area contributed by atoms with Crippen LogP contribution in [0.1, 0.15) is 20.3 Å². The summed E-state index contributed by atoms with van der Waals surface area (Å²) in [6.45, 7) is 3.96. The third kappa shape index (κ3) is 1.80. The van der Waals surface area contributed by atoms with Crippen LogP contribution in [0.2, 0.25) is 0 Å². The fraction of sp³-hybridized carbons (Fsp3) is 0.714. The Bertz CT molecular complexity index is 129. The van der Waals surface area contributed by atoms with E-state index >= 15 is 0 Å². The van der Waals surface area contributed by atoms with E-state index < -0.39 is 6.29 Å². The molecule has 1 aliphatic rings. The quantitative estimate of drug-likeness (QED) is 0.494. The Labute approximate surface area is 55.1 Å². The third-order valence-corrected chi connectivity index (χ3v) is 1.41. The molecule has 2 nitrogen and oxygen atoms in total. The van der Waals surface area contributed by atoms with Gasteiger partial charge in [-0.25, -0.2) is 0 Å². The third-order valence-electron chi connectivity index (χ3n) is 1.41. The van der Waals surface area contributed by atoms with Crippen molar-refractivity contribution in [3.63, 3.8) is 0 Å². The van der Waals surface area contributed by atoms with Crippen molar-refractivity contribution >= 4 is 0 Å². The molecule has 0 radical (unpaired) electrons. The summed E-state index contributed by atoms with van der Waals surface area (Å²) in [6, 6.07) is 0. The molecule has 0 aliphatic carbocycles. The molecule has 0 spiro atoms. The first kappa shape index (κ1) is 6.78. The average Bonchev–Trinajstić information content (AvgIpc) is 1.59. The zero-order valence-electron chi connectivity index (χ0n) is 5.79. The van der Waals surface area contributed by atoms with Gasteiger partial charge in [0.15, 0.2) is 6.29 Å². The number of aliphatic hydroxyl groups excluding tert-OH is 1. The van der Waals surface area contributed by atoms with Crippen LogP contribution in [0.4, 0.5) is 0 Å². The molecule has 0 aromatic rings.